The molecule has 0 saturated carbocycles. The molecule has 0 amide bonds. The Morgan fingerprint density at radius 3 is 2.55 bits per heavy atom. The van der Waals surface area contributed by atoms with Gasteiger partial charge in [-0.3, -0.25) is 9.69 Å². The van der Waals surface area contributed by atoms with Gasteiger partial charge in [0.1, 0.15) is 6.04 Å². The number of fused-ring (bicyclic) bond motifs is 1. The van der Waals surface area contributed by atoms with E-state index in [1.807, 2.05) is 47.1 Å². The third-order valence-corrected chi connectivity index (χ3v) is 7.65. The average molecular weight is 535 g/mol. The number of pyridine rings is 1. The van der Waals surface area contributed by atoms with Crippen LogP contribution in [0.15, 0.2) is 89.7 Å². The van der Waals surface area contributed by atoms with Crippen LogP contribution < -0.4 is 5.56 Å². The summed E-state index contributed by atoms with van der Waals surface area (Å²) in [4.78, 5) is 19.2. The molecule has 8 heteroatoms. The summed E-state index contributed by atoms with van der Waals surface area (Å²) in [6.07, 6.45) is 2.89. The van der Waals surface area contributed by atoms with Crippen molar-refractivity contribution in [1.82, 2.24) is 30.1 Å². The van der Waals surface area contributed by atoms with Crippen molar-refractivity contribution in [1.29, 1.82) is 0 Å². The lowest BCUT2D eigenvalue weighted by Crippen LogP contribution is -2.37. The highest BCUT2D eigenvalue weighted by molar-refractivity contribution is 5.79. The molecule has 1 fully saturated rings. The molecule has 1 N–H and O–H groups in total. The van der Waals surface area contributed by atoms with Crippen molar-refractivity contribution in [2.24, 2.45) is 0 Å². The number of aryl methyl sites for hydroxylation is 1. The first-order valence-electron chi connectivity index (χ1n) is 14.0. The van der Waals surface area contributed by atoms with Crippen molar-refractivity contribution in [3.05, 3.63) is 123 Å². The predicted octanol–water partition coefficient (Wildman–Crippen LogP) is 4.84. The maximum atomic E-state index is 13.8. The van der Waals surface area contributed by atoms with Gasteiger partial charge in [-0.05, 0) is 71.3 Å². The van der Waals surface area contributed by atoms with E-state index in [-0.39, 0.29) is 11.7 Å². The molecule has 0 bridgehead atoms. The Labute approximate surface area is 233 Å². The normalized spacial score (nSPS) is 16.1. The predicted molar refractivity (Wildman–Crippen MR) is 155 cm³/mol. The number of rotatable bonds is 10. The van der Waals surface area contributed by atoms with Gasteiger partial charge in [0.15, 0.2) is 5.82 Å². The standard InChI is InChI=1S/C32H34N6O2/c1-23-14-15-29-26(19-23)20-28(32(39)33-29)30(31-34-35-36-38(31)22-27-13-8-18-40-27)37(21-25-11-6-3-7-12-25)17-16-24-9-4-2-5-10-24/h2-7,9-12,14-15,19-20,27,30H,8,13,16-18,21-22H2,1H3,(H,33,39). The van der Waals surface area contributed by atoms with Crippen LogP contribution in [0, 0.1) is 6.92 Å². The number of ether oxygens (including phenoxy) is 1. The van der Waals surface area contributed by atoms with E-state index < -0.39 is 6.04 Å². The van der Waals surface area contributed by atoms with E-state index in [1.54, 1.807) is 0 Å². The number of hydrogen-bond donors (Lipinski definition) is 1. The largest absolute Gasteiger partial charge is 0.376 e. The third-order valence-electron chi connectivity index (χ3n) is 7.65. The average Bonchev–Trinajstić information content (AvgIpc) is 3.66. The smallest absolute Gasteiger partial charge is 0.253 e. The van der Waals surface area contributed by atoms with Gasteiger partial charge in [0.25, 0.3) is 5.56 Å². The molecule has 2 unspecified atom stereocenters. The SMILES string of the molecule is Cc1ccc2[nH]c(=O)c(C(c3nnnn3CC3CCCO3)N(CCc3ccccc3)Cc3ccccc3)cc2c1. The summed E-state index contributed by atoms with van der Waals surface area (Å²) >= 11 is 0. The molecular formula is C32H34N6O2. The van der Waals surface area contributed by atoms with E-state index in [0.29, 0.717) is 31.0 Å². The van der Waals surface area contributed by atoms with E-state index >= 15 is 0 Å². The highest BCUT2D eigenvalue weighted by atomic mass is 16.5. The van der Waals surface area contributed by atoms with Crippen molar-refractivity contribution < 1.29 is 4.74 Å². The zero-order valence-electron chi connectivity index (χ0n) is 22.7. The van der Waals surface area contributed by atoms with Gasteiger partial charge in [0, 0.05) is 30.8 Å². The Morgan fingerprint density at radius 1 is 1.02 bits per heavy atom. The molecule has 2 aromatic heterocycles. The van der Waals surface area contributed by atoms with Gasteiger partial charge < -0.3 is 9.72 Å². The first-order valence-corrected chi connectivity index (χ1v) is 14.0. The molecule has 6 rings (SSSR count). The van der Waals surface area contributed by atoms with E-state index in [1.165, 1.54) is 5.56 Å². The number of hydrogen-bond acceptors (Lipinski definition) is 6. The Morgan fingerprint density at radius 2 is 1.80 bits per heavy atom. The van der Waals surface area contributed by atoms with Crippen molar-refractivity contribution in [2.75, 3.05) is 13.2 Å². The quantitative estimate of drug-likeness (QED) is 0.276. The number of aromatic amines is 1. The van der Waals surface area contributed by atoms with Crippen LogP contribution in [0.25, 0.3) is 10.9 Å². The highest BCUT2D eigenvalue weighted by Crippen LogP contribution is 2.29. The molecular weight excluding hydrogens is 500 g/mol. The van der Waals surface area contributed by atoms with E-state index in [4.69, 9.17) is 4.74 Å². The number of H-pyrrole nitrogens is 1. The van der Waals surface area contributed by atoms with Gasteiger partial charge in [-0.1, -0.05) is 72.3 Å². The van der Waals surface area contributed by atoms with Gasteiger partial charge in [0.05, 0.1) is 12.6 Å². The molecule has 5 aromatic rings. The van der Waals surface area contributed by atoms with Crippen LogP contribution in [0.3, 0.4) is 0 Å². The highest BCUT2D eigenvalue weighted by Gasteiger charge is 2.32. The Kier molecular flexibility index (Phi) is 7.79. The van der Waals surface area contributed by atoms with Crippen molar-refractivity contribution >= 4 is 10.9 Å². The molecule has 0 spiro atoms. The molecule has 40 heavy (non-hydrogen) atoms. The summed E-state index contributed by atoms with van der Waals surface area (Å²) in [6.45, 7) is 4.72. The number of aromatic nitrogens is 5. The van der Waals surface area contributed by atoms with Crippen molar-refractivity contribution in [3.8, 4) is 0 Å². The van der Waals surface area contributed by atoms with E-state index in [2.05, 4.69) is 74.8 Å². The molecule has 1 saturated heterocycles. The number of nitrogens with zero attached hydrogens (tertiary/aromatic N) is 5. The zero-order chi connectivity index (χ0) is 27.3. The second-order valence-corrected chi connectivity index (χ2v) is 10.6. The maximum absolute atomic E-state index is 13.8. The molecule has 1 aliphatic heterocycles. The maximum Gasteiger partial charge on any atom is 0.253 e. The molecule has 2 atom stereocenters. The fourth-order valence-electron chi connectivity index (χ4n) is 5.60. The first-order chi connectivity index (χ1) is 19.6. The summed E-state index contributed by atoms with van der Waals surface area (Å²) in [5, 5.41) is 14.0. The van der Waals surface area contributed by atoms with E-state index in [0.717, 1.165) is 47.9 Å². The minimum Gasteiger partial charge on any atom is -0.376 e. The van der Waals surface area contributed by atoms with Gasteiger partial charge in [-0.15, -0.1) is 5.10 Å². The van der Waals surface area contributed by atoms with Crippen molar-refractivity contribution in [2.45, 2.75) is 51.4 Å². The lowest BCUT2D eigenvalue weighted by molar-refractivity contribution is 0.0906. The third kappa shape index (κ3) is 5.88. The fourth-order valence-corrected chi connectivity index (χ4v) is 5.60. The Bertz CT molecular complexity index is 1610. The van der Waals surface area contributed by atoms with Crippen LogP contribution >= 0.6 is 0 Å². The van der Waals surface area contributed by atoms with Crippen molar-refractivity contribution in [3.63, 3.8) is 0 Å². The molecule has 204 valence electrons. The Hall–Kier alpha value is -4.14. The van der Waals surface area contributed by atoms with Gasteiger partial charge in [-0.25, -0.2) is 4.68 Å². The minimum atomic E-state index is -0.464. The molecule has 0 radical (unpaired) electrons. The first kappa shape index (κ1) is 26.1. The molecule has 3 aromatic carbocycles. The fraction of sp³-hybridized carbons (Fsp3) is 0.312. The lowest BCUT2D eigenvalue weighted by atomic mass is 10.0. The number of nitrogens with one attached hydrogen (secondary N) is 1. The summed E-state index contributed by atoms with van der Waals surface area (Å²) in [7, 11) is 0. The number of tetrazole rings is 1. The van der Waals surface area contributed by atoms with Gasteiger partial charge in [0.2, 0.25) is 0 Å². The summed E-state index contributed by atoms with van der Waals surface area (Å²) in [5.74, 6) is 0.650. The summed E-state index contributed by atoms with van der Waals surface area (Å²) < 4.78 is 7.76. The van der Waals surface area contributed by atoms with Crippen LogP contribution in [0.5, 0.6) is 0 Å². The summed E-state index contributed by atoms with van der Waals surface area (Å²) in [6, 6.07) is 28.4. The second kappa shape index (κ2) is 11.9. The zero-order valence-corrected chi connectivity index (χ0v) is 22.7. The molecule has 1 aliphatic rings. The molecule has 8 nitrogen and oxygen atoms in total. The van der Waals surface area contributed by atoms with Crippen LogP contribution in [-0.2, 0) is 24.2 Å². The van der Waals surface area contributed by atoms with Crippen LogP contribution in [0.1, 0.15) is 47.0 Å². The minimum absolute atomic E-state index is 0.0623. The topological polar surface area (TPSA) is 88.9 Å². The van der Waals surface area contributed by atoms with Crippen LogP contribution in [-0.4, -0.2) is 49.3 Å². The lowest BCUT2D eigenvalue weighted by Gasteiger charge is -2.31. The summed E-state index contributed by atoms with van der Waals surface area (Å²) in [5.41, 5.74) is 4.84. The number of benzene rings is 3. The van der Waals surface area contributed by atoms with Gasteiger partial charge in [-0.2, -0.15) is 0 Å². The Balaban J connectivity index is 1.47. The van der Waals surface area contributed by atoms with E-state index in [9.17, 15) is 4.79 Å². The van der Waals surface area contributed by atoms with Crippen LogP contribution in [0.4, 0.5) is 0 Å². The van der Waals surface area contributed by atoms with Crippen LogP contribution in [0.2, 0.25) is 0 Å². The van der Waals surface area contributed by atoms with Gasteiger partial charge >= 0.3 is 0 Å². The second-order valence-electron chi connectivity index (χ2n) is 10.6. The monoisotopic (exact) mass is 534 g/mol. The molecule has 0 aliphatic carbocycles. The molecule has 3 heterocycles.